The van der Waals surface area contributed by atoms with Crippen LogP contribution in [-0.4, -0.2) is 30.1 Å². The van der Waals surface area contributed by atoms with Gasteiger partial charge in [-0.2, -0.15) is 0 Å². The Morgan fingerprint density at radius 1 is 1.33 bits per heavy atom. The molecule has 1 amide bonds. The van der Waals surface area contributed by atoms with Crippen LogP contribution in [0.1, 0.15) is 12.0 Å². The first kappa shape index (κ1) is 14.4. The van der Waals surface area contributed by atoms with Gasteiger partial charge in [0.05, 0.1) is 0 Å². The number of rotatable bonds is 6. The van der Waals surface area contributed by atoms with Gasteiger partial charge >= 0.3 is 0 Å². The first-order valence-electron chi connectivity index (χ1n) is 5.56. The van der Waals surface area contributed by atoms with Crippen LogP contribution in [0.5, 0.6) is 0 Å². The second kappa shape index (κ2) is 6.90. The largest absolute Gasteiger partial charge is 0.399 e. The first-order chi connectivity index (χ1) is 8.49. The number of amides is 1. The maximum absolute atomic E-state index is 12.0. The fraction of sp³-hybridized carbons (Fsp3) is 0.417. The second-order valence-corrected chi connectivity index (χ2v) is 3.95. The number of alkyl halides is 2. The lowest BCUT2D eigenvalue weighted by atomic mass is 10.1. The van der Waals surface area contributed by atoms with Crippen molar-refractivity contribution < 1.29 is 18.7 Å². The standard InChI is InChI=1S/C12H16F2N2O2/c13-12(14)10(17)7-16-11(18)6-3-8-1-4-9(15)5-2-8/h1-2,4-5,10,12,17H,3,6-7,15H2,(H,16,18). The lowest BCUT2D eigenvalue weighted by molar-refractivity contribution is -0.122. The van der Waals surface area contributed by atoms with Crippen molar-refractivity contribution >= 4 is 11.6 Å². The van der Waals surface area contributed by atoms with E-state index in [2.05, 4.69) is 5.32 Å². The molecule has 0 saturated carbocycles. The number of halogens is 2. The van der Waals surface area contributed by atoms with Crippen LogP contribution in [0, 0.1) is 0 Å². The van der Waals surface area contributed by atoms with Crippen molar-refractivity contribution in [1.29, 1.82) is 0 Å². The maximum Gasteiger partial charge on any atom is 0.265 e. The highest BCUT2D eigenvalue weighted by atomic mass is 19.3. The van der Waals surface area contributed by atoms with Crippen LogP contribution in [0.15, 0.2) is 24.3 Å². The van der Waals surface area contributed by atoms with Crippen LogP contribution in [0.2, 0.25) is 0 Å². The molecule has 4 nitrogen and oxygen atoms in total. The lowest BCUT2D eigenvalue weighted by Gasteiger charge is -2.10. The van der Waals surface area contributed by atoms with E-state index in [1.807, 2.05) is 0 Å². The van der Waals surface area contributed by atoms with E-state index >= 15 is 0 Å². The molecule has 1 aromatic rings. The van der Waals surface area contributed by atoms with Gasteiger partial charge in [-0.25, -0.2) is 8.78 Å². The Bertz CT molecular complexity index is 382. The summed E-state index contributed by atoms with van der Waals surface area (Å²) >= 11 is 0. The minimum absolute atomic E-state index is 0.180. The molecule has 18 heavy (non-hydrogen) atoms. The predicted molar refractivity (Wildman–Crippen MR) is 64.2 cm³/mol. The van der Waals surface area contributed by atoms with Crippen molar-refractivity contribution in [3.8, 4) is 0 Å². The third-order valence-corrected chi connectivity index (χ3v) is 2.42. The summed E-state index contributed by atoms with van der Waals surface area (Å²) in [6.07, 6.45) is -3.98. The van der Waals surface area contributed by atoms with E-state index in [1.54, 1.807) is 24.3 Å². The second-order valence-electron chi connectivity index (χ2n) is 3.95. The number of carbonyl (C=O) groups excluding carboxylic acids is 1. The molecule has 0 bridgehead atoms. The minimum Gasteiger partial charge on any atom is -0.399 e. The number of nitrogens with one attached hydrogen (secondary N) is 1. The molecule has 1 aromatic carbocycles. The van der Waals surface area contributed by atoms with E-state index in [9.17, 15) is 13.6 Å². The number of benzene rings is 1. The summed E-state index contributed by atoms with van der Waals surface area (Å²) in [5.74, 6) is -0.369. The van der Waals surface area contributed by atoms with Gasteiger partial charge in [0.25, 0.3) is 6.43 Å². The van der Waals surface area contributed by atoms with Gasteiger partial charge in [-0.15, -0.1) is 0 Å². The number of nitrogen functional groups attached to an aromatic ring is 1. The molecule has 0 aliphatic rings. The summed E-state index contributed by atoms with van der Waals surface area (Å²) in [7, 11) is 0. The summed E-state index contributed by atoms with van der Waals surface area (Å²) in [4.78, 5) is 11.3. The van der Waals surface area contributed by atoms with Crippen molar-refractivity contribution in [2.24, 2.45) is 0 Å². The molecule has 0 saturated heterocycles. The predicted octanol–water partition coefficient (Wildman–Crippen LogP) is 0.944. The molecule has 4 N–H and O–H groups in total. The Balaban J connectivity index is 2.27. The smallest absolute Gasteiger partial charge is 0.265 e. The summed E-state index contributed by atoms with van der Waals surface area (Å²) in [5, 5.41) is 11.1. The third-order valence-electron chi connectivity index (χ3n) is 2.42. The SMILES string of the molecule is Nc1ccc(CCC(=O)NCC(O)C(F)F)cc1. The van der Waals surface area contributed by atoms with Gasteiger partial charge in [0.2, 0.25) is 5.91 Å². The van der Waals surface area contributed by atoms with Crippen LogP contribution in [-0.2, 0) is 11.2 Å². The number of nitrogens with two attached hydrogens (primary N) is 1. The lowest BCUT2D eigenvalue weighted by Crippen LogP contribution is -2.35. The first-order valence-corrected chi connectivity index (χ1v) is 5.56. The molecular formula is C12H16F2N2O2. The molecule has 0 aliphatic heterocycles. The van der Waals surface area contributed by atoms with Crippen LogP contribution in [0.3, 0.4) is 0 Å². The molecule has 0 aromatic heterocycles. The van der Waals surface area contributed by atoms with Gasteiger partial charge in [0.15, 0.2) is 0 Å². The van der Waals surface area contributed by atoms with E-state index in [0.29, 0.717) is 12.1 Å². The highest BCUT2D eigenvalue weighted by Crippen LogP contribution is 2.07. The van der Waals surface area contributed by atoms with E-state index in [4.69, 9.17) is 10.8 Å². The normalized spacial score (nSPS) is 12.4. The molecular weight excluding hydrogens is 242 g/mol. The van der Waals surface area contributed by atoms with Gasteiger partial charge in [-0.1, -0.05) is 12.1 Å². The number of anilines is 1. The fourth-order valence-corrected chi connectivity index (χ4v) is 1.34. The Kier molecular flexibility index (Phi) is 5.51. The zero-order valence-corrected chi connectivity index (χ0v) is 9.77. The molecule has 0 spiro atoms. The summed E-state index contributed by atoms with van der Waals surface area (Å²) in [6.45, 7) is -0.432. The Morgan fingerprint density at radius 3 is 2.50 bits per heavy atom. The maximum atomic E-state index is 12.0. The molecule has 0 heterocycles. The monoisotopic (exact) mass is 258 g/mol. The van der Waals surface area contributed by atoms with E-state index in [1.165, 1.54) is 0 Å². The number of hydrogen-bond acceptors (Lipinski definition) is 3. The van der Waals surface area contributed by atoms with Gasteiger partial charge in [-0.3, -0.25) is 4.79 Å². The Labute approximate surface area is 104 Å². The molecule has 0 radical (unpaired) electrons. The van der Waals surface area contributed by atoms with E-state index in [0.717, 1.165) is 5.56 Å². The average molecular weight is 258 g/mol. The highest BCUT2D eigenvalue weighted by molar-refractivity contribution is 5.76. The highest BCUT2D eigenvalue weighted by Gasteiger charge is 2.17. The molecule has 1 rings (SSSR count). The van der Waals surface area contributed by atoms with Gasteiger partial charge < -0.3 is 16.2 Å². The molecule has 1 atom stereocenters. The van der Waals surface area contributed by atoms with Crippen molar-refractivity contribution in [2.75, 3.05) is 12.3 Å². The Morgan fingerprint density at radius 2 is 1.94 bits per heavy atom. The number of carbonyl (C=O) groups is 1. The quantitative estimate of drug-likeness (QED) is 0.665. The zero-order valence-electron chi connectivity index (χ0n) is 9.77. The summed E-state index contributed by atoms with van der Waals surface area (Å²) in [5.41, 5.74) is 7.09. The average Bonchev–Trinajstić information content (AvgIpc) is 2.35. The summed E-state index contributed by atoms with van der Waals surface area (Å²) in [6, 6.07) is 7.06. The van der Waals surface area contributed by atoms with Crippen LogP contribution >= 0.6 is 0 Å². The molecule has 6 heteroatoms. The molecule has 0 fully saturated rings. The minimum atomic E-state index is -2.85. The molecule has 0 aliphatic carbocycles. The Hall–Kier alpha value is -1.69. The van der Waals surface area contributed by atoms with Crippen LogP contribution in [0.25, 0.3) is 0 Å². The van der Waals surface area contributed by atoms with Crippen LogP contribution in [0.4, 0.5) is 14.5 Å². The number of aliphatic hydroxyl groups is 1. The van der Waals surface area contributed by atoms with Gasteiger partial charge in [0, 0.05) is 18.7 Å². The van der Waals surface area contributed by atoms with Crippen LogP contribution < -0.4 is 11.1 Å². The molecule has 1 unspecified atom stereocenters. The molecule has 100 valence electrons. The van der Waals surface area contributed by atoms with Crippen molar-refractivity contribution in [3.05, 3.63) is 29.8 Å². The van der Waals surface area contributed by atoms with Gasteiger partial charge in [-0.05, 0) is 24.1 Å². The van der Waals surface area contributed by atoms with Gasteiger partial charge in [0.1, 0.15) is 6.10 Å². The number of hydrogen-bond donors (Lipinski definition) is 3. The fourth-order valence-electron chi connectivity index (χ4n) is 1.34. The van der Waals surface area contributed by atoms with Crippen molar-refractivity contribution in [2.45, 2.75) is 25.4 Å². The van der Waals surface area contributed by atoms with Crippen molar-refractivity contribution in [3.63, 3.8) is 0 Å². The number of aliphatic hydroxyl groups excluding tert-OH is 1. The summed E-state index contributed by atoms with van der Waals surface area (Å²) < 4.78 is 23.9. The zero-order chi connectivity index (χ0) is 13.5. The van der Waals surface area contributed by atoms with E-state index < -0.39 is 19.1 Å². The van der Waals surface area contributed by atoms with Crippen molar-refractivity contribution in [1.82, 2.24) is 5.32 Å². The third kappa shape index (κ3) is 5.09. The number of aryl methyl sites for hydroxylation is 1. The topological polar surface area (TPSA) is 75.4 Å². The van der Waals surface area contributed by atoms with E-state index in [-0.39, 0.29) is 12.3 Å².